The van der Waals surface area contributed by atoms with E-state index >= 15 is 0 Å². The number of nitrogens with two attached hydrogens (primary N) is 1. The molecule has 62 valence electrons. The van der Waals surface area contributed by atoms with E-state index in [-0.39, 0.29) is 18.2 Å². The van der Waals surface area contributed by atoms with Crippen LogP contribution in [0.1, 0.15) is 23.2 Å². The molecule has 1 heterocycles. The Morgan fingerprint density at radius 3 is 2.73 bits per heavy atom. The highest BCUT2D eigenvalue weighted by Gasteiger charge is 2.02. The van der Waals surface area contributed by atoms with Gasteiger partial charge in [0.2, 0.25) is 0 Å². The van der Waals surface area contributed by atoms with Crippen LogP contribution in [-0.4, -0.2) is 15.9 Å². The van der Waals surface area contributed by atoms with E-state index in [4.69, 9.17) is 5.73 Å². The topological polar surface area (TPSA) is 71.8 Å². The number of H-pyrrole nitrogens is 1. The van der Waals surface area contributed by atoms with Gasteiger partial charge in [-0.15, -0.1) is 12.4 Å². The summed E-state index contributed by atoms with van der Waals surface area (Å²) in [5.41, 5.74) is 5.87. The molecule has 4 nitrogen and oxygen atoms in total. The van der Waals surface area contributed by atoms with Gasteiger partial charge in [-0.1, -0.05) is 6.92 Å². The summed E-state index contributed by atoms with van der Waals surface area (Å²) in [4.78, 5) is 17.0. The monoisotopic (exact) mass is 175 g/mol. The summed E-state index contributed by atoms with van der Waals surface area (Å²) < 4.78 is 0. The number of aromatic amines is 1. The molecule has 1 rings (SSSR count). The van der Waals surface area contributed by atoms with Crippen molar-refractivity contribution in [2.24, 2.45) is 5.73 Å². The molecular weight excluding hydrogens is 166 g/mol. The van der Waals surface area contributed by atoms with E-state index in [9.17, 15) is 4.79 Å². The molecule has 0 saturated heterocycles. The third-order valence-electron chi connectivity index (χ3n) is 1.24. The second-order valence-electron chi connectivity index (χ2n) is 1.97. The van der Waals surface area contributed by atoms with Gasteiger partial charge in [0.05, 0.1) is 0 Å². The molecule has 0 atom stereocenters. The molecule has 1 amide bonds. The molecule has 0 aliphatic carbocycles. The second kappa shape index (κ2) is 3.98. The van der Waals surface area contributed by atoms with Gasteiger partial charge in [0.25, 0.3) is 5.91 Å². The molecular formula is C6H10ClN3O. The van der Waals surface area contributed by atoms with E-state index in [1.165, 1.54) is 0 Å². The highest BCUT2D eigenvalue weighted by Crippen LogP contribution is 1.95. The Hall–Kier alpha value is -1.03. The molecule has 0 bridgehead atoms. The van der Waals surface area contributed by atoms with E-state index in [1.807, 2.05) is 6.92 Å². The van der Waals surface area contributed by atoms with Crippen LogP contribution in [0.5, 0.6) is 0 Å². The molecule has 0 aromatic carbocycles. The maximum atomic E-state index is 10.5. The first-order valence-electron chi connectivity index (χ1n) is 3.07. The number of amides is 1. The van der Waals surface area contributed by atoms with E-state index < -0.39 is 5.91 Å². The predicted molar refractivity (Wildman–Crippen MR) is 43.7 cm³/mol. The standard InChI is InChI=1S/C6H9N3O.ClH/c1-2-4-3-8-6(9-4)5(7)10;/h3H,2H2,1H3,(H2,7,10)(H,8,9);1H. The van der Waals surface area contributed by atoms with Gasteiger partial charge in [0, 0.05) is 11.9 Å². The number of primary amides is 1. The Bertz CT molecular complexity index is 246. The summed E-state index contributed by atoms with van der Waals surface area (Å²) in [5, 5.41) is 0. The molecule has 0 unspecified atom stereocenters. The molecule has 0 aliphatic heterocycles. The highest BCUT2D eigenvalue weighted by atomic mass is 35.5. The van der Waals surface area contributed by atoms with E-state index in [0.29, 0.717) is 0 Å². The molecule has 11 heavy (non-hydrogen) atoms. The Morgan fingerprint density at radius 1 is 1.82 bits per heavy atom. The van der Waals surface area contributed by atoms with Crippen molar-refractivity contribution in [3.8, 4) is 0 Å². The van der Waals surface area contributed by atoms with Crippen LogP contribution in [0.4, 0.5) is 0 Å². The van der Waals surface area contributed by atoms with Crippen LogP contribution in [-0.2, 0) is 6.42 Å². The van der Waals surface area contributed by atoms with Gasteiger partial charge < -0.3 is 10.7 Å². The molecule has 0 radical (unpaired) electrons. The largest absolute Gasteiger partial charge is 0.363 e. The van der Waals surface area contributed by atoms with E-state index in [0.717, 1.165) is 12.1 Å². The smallest absolute Gasteiger partial charge is 0.284 e. The number of imidazole rings is 1. The first kappa shape index (κ1) is 9.97. The number of hydrogen-bond donors (Lipinski definition) is 2. The Labute approximate surface area is 70.6 Å². The summed E-state index contributed by atoms with van der Waals surface area (Å²) >= 11 is 0. The van der Waals surface area contributed by atoms with Crippen LogP contribution in [0.15, 0.2) is 6.20 Å². The minimum atomic E-state index is -0.514. The van der Waals surface area contributed by atoms with Crippen LogP contribution in [0, 0.1) is 0 Å². The fourth-order valence-electron chi connectivity index (χ4n) is 0.664. The van der Waals surface area contributed by atoms with Crippen LogP contribution < -0.4 is 5.73 Å². The number of aromatic nitrogens is 2. The molecule has 0 fully saturated rings. The first-order valence-corrected chi connectivity index (χ1v) is 3.07. The van der Waals surface area contributed by atoms with E-state index in [1.54, 1.807) is 6.20 Å². The fraction of sp³-hybridized carbons (Fsp3) is 0.333. The zero-order valence-corrected chi connectivity index (χ0v) is 6.94. The van der Waals surface area contributed by atoms with Crippen molar-refractivity contribution in [3.05, 3.63) is 17.7 Å². The molecule has 0 saturated carbocycles. The van der Waals surface area contributed by atoms with Gasteiger partial charge in [-0.2, -0.15) is 0 Å². The lowest BCUT2D eigenvalue weighted by molar-refractivity contribution is 0.0991. The number of hydrogen-bond acceptors (Lipinski definition) is 2. The lowest BCUT2D eigenvalue weighted by atomic mass is 10.4. The van der Waals surface area contributed by atoms with Crippen molar-refractivity contribution in [2.75, 3.05) is 0 Å². The minimum absolute atomic E-state index is 0. The summed E-state index contributed by atoms with van der Waals surface area (Å²) in [7, 11) is 0. The first-order chi connectivity index (χ1) is 4.74. The molecule has 1 aromatic heterocycles. The maximum Gasteiger partial charge on any atom is 0.284 e. The van der Waals surface area contributed by atoms with Crippen LogP contribution in [0.2, 0.25) is 0 Å². The molecule has 0 spiro atoms. The van der Waals surface area contributed by atoms with Crippen molar-refractivity contribution in [1.29, 1.82) is 0 Å². The zero-order valence-electron chi connectivity index (χ0n) is 6.13. The number of carbonyl (C=O) groups is 1. The third kappa shape index (κ3) is 2.23. The van der Waals surface area contributed by atoms with Crippen molar-refractivity contribution < 1.29 is 4.79 Å². The number of carbonyl (C=O) groups excluding carboxylic acids is 1. The number of halogens is 1. The quantitative estimate of drug-likeness (QED) is 0.687. The Balaban J connectivity index is 0.000001000. The molecule has 1 aromatic rings. The number of aryl methyl sites for hydroxylation is 1. The molecule has 0 aliphatic rings. The lowest BCUT2D eigenvalue weighted by Gasteiger charge is -1.85. The number of nitrogens with zero attached hydrogens (tertiary/aromatic N) is 1. The normalized spacial score (nSPS) is 8.82. The van der Waals surface area contributed by atoms with E-state index in [2.05, 4.69) is 9.97 Å². The summed E-state index contributed by atoms with van der Waals surface area (Å²) in [6, 6.07) is 0. The minimum Gasteiger partial charge on any atom is -0.363 e. The van der Waals surface area contributed by atoms with Crippen LogP contribution in [0.25, 0.3) is 0 Å². The van der Waals surface area contributed by atoms with Crippen molar-refractivity contribution in [2.45, 2.75) is 13.3 Å². The fourth-order valence-corrected chi connectivity index (χ4v) is 0.664. The summed E-state index contributed by atoms with van der Waals surface area (Å²) in [5.74, 6) is -0.281. The Morgan fingerprint density at radius 2 is 2.45 bits per heavy atom. The molecule has 3 N–H and O–H groups in total. The number of rotatable bonds is 2. The maximum absolute atomic E-state index is 10.5. The van der Waals surface area contributed by atoms with Crippen molar-refractivity contribution in [3.63, 3.8) is 0 Å². The summed E-state index contributed by atoms with van der Waals surface area (Å²) in [6.07, 6.45) is 2.44. The van der Waals surface area contributed by atoms with Crippen molar-refractivity contribution >= 4 is 18.3 Å². The third-order valence-corrected chi connectivity index (χ3v) is 1.24. The van der Waals surface area contributed by atoms with Gasteiger partial charge in [-0.3, -0.25) is 4.79 Å². The number of nitrogens with one attached hydrogen (secondary N) is 1. The van der Waals surface area contributed by atoms with Gasteiger partial charge in [0.1, 0.15) is 0 Å². The lowest BCUT2D eigenvalue weighted by Crippen LogP contribution is -2.12. The second-order valence-corrected chi connectivity index (χ2v) is 1.97. The highest BCUT2D eigenvalue weighted by molar-refractivity contribution is 5.88. The van der Waals surface area contributed by atoms with Gasteiger partial charge in [-0.05, 0) is 6.42 Å². The predicted octanol–water partition coefficient (Wildman–Crippen LogP) is 0.493. The average Bonchev–Trinajstić information content (AvgIpc) is 2.34. The van der Waals surface area contributed by atoms with Crippen molar-refractivity contribution in [1.82, 2.24) is 9.97 Å². The van der Waals surface area contributed by atoms with Gasteiger partial charge in [-0.25, -0.2) is 4.98 Å². The van der Waals surface area contributed by atoms with Gasteiger partial charge in [0.15, 0.2) is 5.82 Å². The SMILES string of the molecule is CCc1cnc(C(N)=O)[nH]1.Cl. The van der Waals surface area contributed by atoms with Gasteiger partial charge >= 0.3 is 0 Å². The average molecular weight is 176 g/mol. The zero-order chi connectivity index (χ0) is 7.56. The summed E-state index contributed by atoms with van der Waals surface area (Å²) in [6.45, 7) is 1.97. The molecule has 5 heteroatoms. The van der Waals surface area contributed by atoms with Crippen LogP contribution >= 0.6 is 12.4 Å². The Kier molecular flexibility index (Phi) is 3.60. The van der Waals surface area contributed by atoms with Crippen LogP contribution in [0.3, 0.4) is 0 Å².